The van der Waals surface area contributed by atoms with Gasteiger partial charge in [-0.15, -0.1) is 0 Å². The molecule has 108 valence electrons. The molecule has 1 aliphatic carbocycles. The first-order valence-electron chi connectivity index (χ1n) is 6.57. The van der Waals surface area contributed by atoms with Crippen molar-refractivity contribution in [2.45, 2.75) is 36.7 Å². The molecule has 1 aliphatic rings. The van der Waals surface area contributed by atoms with Crippen molar-refractivity contribution in [2.75, 3.05) is 6.54 Å². The molecule has 1 aromatic heterocycles. The molecular formula is C13H17N3O3S. The Kier molecular flexibility index (Phi) is 4.70. The zero-order valence-corrected chi connectivity index (χ0v) is 11.8. The van der Waals surface area contributed by atoms with Crippen LogP contribution in [0, 0.1) is 17.2 Å². The molecule has 0 radical (unpaired) electrons. The summed E-state index contributed by atoms with van der Waals surface area (Å²) in [6.07, 6.45) is 4.41. The molecule has 20 heavy (non-hydrogen) atoms. The van der Waals surface area contributed by atoms with E-state index in [-0.39, 0.29) is 23.1 Å². The highest BCUT2D eigenvalue weighted by Crippen LogP contribution is 2.24. The molecule has 1 saturated carbocycles. The molecule has 7 heteroatoms. The van der Waals surface area contributed by atoms with E-state index in [2.05, 4.69) is 9.71 Å². The van der Waals surface area contributed by atoms with Crippen LogP contribution in [0.15, 0.2) is 23.2 Å². The second kappa shape index (κ2) is 6.31. The second-order valence-corrected chi connectivity index (χ2v) is 6.66. The fourth-order valence-electron chi connectivity index (χ4n) is 2.41. The third-order valence-corrected chi connectivity index (χ3v) is 5.03. The van der Waals surface area contributed by atoms with Crippen molar-refractivity contribution >= 4 is 10.0 Å². The standard InChI is InChI=1S/C13H17N3O3S/c14-8-11-13(6-3-7-15-11)20(18,19)16-9-10-4-1-2-5-12(10)17/h3,6-7,10,12,16-17H,1-2,4-5,9H2. The van der Waals surface area contributed by atoms with Crippen LogP contribution in [0.5, 0.6) is 0 Å². The normalized spacial score (nSPS) is 23.2. The van der Waals surface area contributed by atoms with Crippen LogP contribution in [0.2, 0.25) is 0 Å². The Morgan fingerprint density at radius 2 is 2.20 bits per heavy atom. The largest absolute Gasteiger partial charge is 0.393 e. The molecule has 0 amide bonds. The van der Waals surface area contributed by atoms with Crippen LogP contribution in [0.25, 0.3) is 0 Å². The lowest BCUT2D eigenvalue weighted by Gasteiger charge is -2.27. The summed E-state index contributed by atoms with van der Waals surface area (Å²) in [6.45, 7) is 0.184. The second-order valence-electron chi connectivity index (χ2n) is 4.93. The van der Waals surface area contributed by atoms with Crippen molar-refractivity contribution in [1.82, 2.24) is 9.71 Å². The quantitative estimate of drug-likeness (QED) is 0.854. The van der Waals surface area contributed by atoms with Gasteiger partial charge >= 0.3 is 0 Å². The molecule has 2 rings (SSSR count). The Morgan fingerprint density at radius 3 is 2.90 bits per heavy atom. The van der Waals surface area contributed by atoms with E-state index >= 15 is 0 Å². The highest BCUT2D eigenvalue weighted by molar-refractivity contribution is 7.89. The number of nitrogens with zero attached hydrogens (tertiary/aromatic N) is 2. The zero-order valence-electron chi connectivity index (χ0n) is 11.0. The molecule has 0 saturated heterocycles. The van der Waals surface area contributed by atoms with E-state index in [0.29, 0.717) is 6.42 Å². The summed E-state index contributed by atoms with van der Waals surface area (Å²) in [4.78, 5) is 3.63. The first-order chi connectivity index (χ1) is 9.54. The number of hydrogen-bond acceptors (Lipinski definition) is 5. The number of nitriles is 1. The predicted octanol–water partition coefficient (Wildman–Crippen LogP) is 0.783. The lowest BCUT2D eigenvalue weighted by Crippen LogP contribution is -2.36. The van der Waals surface area contributed by atoms with Gasteiger partial charge in [-0.25, -0.2) is 18.1 Å². The zero-order chi connectivity index (χ0) is 14.6. The molecule has 0 aliphatic heterocycles. The average Bonchev–Trinajstić information content (AvgIpc) is 2.46. The Morgan fingerprint density at radius 1 is 1.45 bits per heavy atom. The van der Waals surface area contributed by atoms with Gasteiger partial charge in [0.25, 0.3) is 0 Å². The third kappa shape index (κ3) is 3.33. The van der Waals surface area contributed by atoms with Crippen LogP contribution in [-0.4, -0.2) is 31.2 Å². The fraction of sp³-hybridized carbons (Fsp3) is 0.538. The third-order valence-electron chi connectivity index (χ3n) is 3.57. The van der Waals surface area contributed by atoms with Gasteiger partial charge in [-0.05, 0) is 30.9 Å². The van der Waals surface area contributed by atoms with Crippen molar-refractivity contribution in [1.29, 1.82) is 5.26 Å². The van der Waals surface area contributed by atoms with Gasteiger partial charge < -0.3 is 5.11 Å². The summed E-state index contributed by atoms with van der Waals surface area (Å²) < 4.78 is 26.8. The monoisotopic (exact) mass is 295 g/mol. The summed E-state index contributed by atoms with van der Waals surface area (Å²) in [5.74, 6) is -0.0688. The van der Waals surface area contributed by atoms with E-state index < -0.39 is 16.1 Å². The minimum absolute atomic E-state index is 0.0688. The highest BCUT2D eigenvalue weighted by atomic mass is 32.2. The van der Waals surface area contributed by atoms with Crippen LogP contribution in [-0.2, 0) is 10.0 Å². The molecule has 0 bridgehead atoms. The fourth-order valence-corrected chi connectivity index (χ4v) is 3.61. The maximum Gasteiger partial charge on any atom is 0.243 e. The van der Waals surface area contributed by atoms with Crippen LogP contribution < -0.4 is 4.72 Å². The van der Waals surface area contributed by atoms with Crippen molar-refractivity contribution < 1.29 is 13.5 Å². The van der Waals surface area contributed by atoms with E-state index in [1.807, 2.05) is 0 Å². The molecule has 6 nitrogen and oxygen atoms in total. The van der Waals surface area contributed by atoms with Gasteiger partial charge in [0.05, 0.1) is 6.10 Å². The average molecular weight is 295 g/mol. The Balaban J connectivity index is 2.10. The molecule has 1 heterocycles. The molecule has 0 spiro atoms. The van der Waals surface area contributed by atoms with Gasteiger partial charge in [-0.2, -0.15) is 5.26 Å². The molecule has 0 aromatic carbocycles. The molecule has 2 atom stereocenters. The smallest absolute Gasteiger partial charge is 0.243 e. The van der Waals surface area contributed by atoms with Gasteiger partial charge in [0.1, 0.15) is 11.0 Å². The van der Waals surface area contributed by atoms with Crippen LogP contribution in [0.1, 0.15) is 31.4 Å². The number of hydrogen-bond donors (Lipinski definition) is 2. The summed E-state index contributed by atoms with van der Waals surface area (Å²) in [5.41, 5.74) is -0.121. The number of sulfonamides is 1. The summed E-state index contributed by atoms with van der Waals surface area (Å²) in [5, 5.41) is 18.7. The molecule has 1 fully saturated rings. The number of pyridine rings is 1. The van der Waals surface area contributed by atoms with E-state index in [4.69, 9.17) is 5.26 Å². The number of aliphatic hydroxyl groups is 1. The van der Waals surface area contributed by atoms with Crippen molar-refractivity contribution in [3.63, 3.8) is 0 Å². The summed E-state index contributed by atoms with van der Waals surface area (Å²) in [7, 11) is -3.77. The Bertz CT molecular complexity index is 610. The van der Waals surface area contributed by atoms with Crippen molar-refractivity contribution in [2.24, 2.45) is 5.92 Å². The molecule has 1 aromatic rings. The van der Waals surface area contributed by atoms with Gasteiger partial charge in [0, 0.05) is 12.7 Å². The van der Waals surface area contributed by atoms with Crippen molar-refractivity contribution in [3.8, 4) is 6.07 Å². The predicted molar refractivity (Wildman–Crippen MR) is 72.1 cm³/mol. The van der Waals surface area contributed by atoms with Crippen LogP contribution in [0.4, 0.5) is 0 Å². The van der Waals surface area contributed by atoms with Gasteiger partial charge in [0.2, 0.25) is 10.0 Å². The summed E-state index contributed by atoms with van der Waals surface area (Å²) >= 11 is 0. The molecular weight excluding hydrogens is 278 g/mol. The number of aromatic nitrogens is 1. The minimum atomic E-state index is -3.77. The molecule has 2 unspecified atom stereocenters. The number of rotatable bonds is 4. The van der Waals surface area contributed by atoms with Crippen LogP contribution >= 0.6 is 0 Å². The van der Waals surface area contributed by atoms with Gasteiger partial charge in [-0.3, -0.25) is 0 Å². The van der Waals surface area contributed by atoms with Gasteiger partial charge in [0.15, 0.2) is 5.69 Å². The first-order valence-corrected chi connectivity index (χ1v) is 8.06. The van der Waals surface area contributed by atoms with Gasteiger partial charge in [-0.1, -0.05) is 12.8 Å². The Hall–Kier alpha value is -1.49. The molecule has 2 N–H and O–H groups in total. The maximum absolute atomic E-state index is 12.2. The minimum Gasteiger partial charge on any atom is -0.393 e. The SMILES string of the molecule is N#Cc1ncccc1S(=O)(=O)NCC1CCCCC1O. The Labute approximate surface area is 118 Å². The lowest BCUT2D eigenvalue weighted by atomic mass is 9.87. The summed E-state index contributed by atoms with van der Waals surface area (Å²) in [6, 6.07) is 4.60. The number of nitrogens with one attached hydrogen (secondary N) is 1. The van der Waals surface area contributed by atoms with E-state index in [0.717, 1.165) is 19.3 Å². The topological polar surface area (TPSA) is 103 Å². The van der Waals surface area contributed by atoms with Crippen LogP contribution in [0.3, 0.4) is 0 Å². The van der Waals surface area contributed by atoms with Crippen molar-refractivity contribution in [3.05, 3.63) is 24.0 Å². The van der Waals surface area contributed by atoms with E-state index in [9.17, 15) is 13.5 Å². The number of aliphatic hydroxyl groups excluding tert-OH is 1. The van der Waals surface area contributed by atoms with E-state index in [1.54, 1.807) is 6.07 Å². The lowest BCUT2D eigenvalue weighted by molar-refractivity contribution is 0.0724. The maximum atomic E-state index is 12.2. The first kappa shape index (κ1) is 14.9. The van der Waals surface area contributed by atoms with E-state index in [1.165, 1.54) is 18.3 Å². The highest BCUT2D eigenvalue weighted by Gasteiger charge is 2.26.